The summed E-state index contributed by atoms with van der Waals surface area (Å²) in [6.07, 6.45) is 4.90. The quantitative estimate of drug-likeness (QED) is 0.392. The summed E-state index contributed by atoms with van der Waals surface area (Å²) in [6, 6.07) is 1.86. The Morgan fingerprint density at radius 2 is 2.31 bits per heavy atom. The summed E-state index contributed by atoms with van der Waals surface area (Å²) in [7, 11) is 0. The van der Waals surface area contributed by atoms with Crippen LogP contribution >= 0.6 is 69.7 Å². The Morgan fingerprint density at radius 1 is 1.56 bits per heavy atom. The molecule has 86 valence electrons. The standard InChI is InChI=1S/C9H8ClI2N2PS/c1-2-6-5-14(16-15(11)12)9-8(6)7(10)3-4-13-9/h3-5H,2H2,1H3. The molecular weight excluding hydrogens is 488 g/mol. The lowest BCUT2D eigenvalue weighted by Gasteiger charge is -2.03. The van der Waals surface area contributed by atoms with Crippen LogP contribution in [-0.4, -0.2) is 8.96 Å². The minimum Gasteiger partial charge on any atom is -0.270 e. The molecule has 16 heavy (non-hydrogen) atoms. The van der Waals surface area contributed by atoms with E-state index in [0.29, 0.717) is 0 Å². The van der Waals surface area contributed by atoms with Gasteiger partial charge in [-0.25, -0.2) is 4.98 Å². The zero-order chi connectivity index (χ0) is 11.7. The van der Waals surface area contributed by atoms with Crippen LogP contribution in [0, 0.1) is 0 Å². The molecule has 0 radical (unpaired) electrons. The number of pyridine rings is 1. The fourth-order valence-corrected chi connectivity index (χ4v) is 6.53. The van der Waals surface area contributed by atoms with Gasteiger partial charge in [-0.2, -0.15) is 0 Å². The number of nitrogens with zero attached hydrogens (tertiary/aromatic N) is 2. The van der Waals surface area contributed by atoms with E-state index in [-0.39, 0.29) is 2.41 Å². The lowest BCUT2D eigenvalue weighted by Crippen LogP contribution is -1.83. The summed E-state index contributed by atoms with van der Waals surface area (Å²) < 4.78 is 2.03. The highest BCUT2D eigenvalue weighted by Gasteiger charge is 2.13. The van der Waals surface area contributed by atoms with Crippen molar-refractivity contribution in [3.05, 3.63) is 29.0 Å². The molecule has 0 amide bonds. The summed E-state index contributed by atoms with van der Waals surface area (Å²) in [5.41, 5.74) is 2.25. The Kier molecular flexibility index (Phi) is 5.04. The van der Waals surface area contributed by atoms with Gasteiger partial charge in [0.1, 0.15) is 2.41 Å². The van der Waals surface area contributed by atoms with Gasteiger partial charge in [0.2, 0.25) is 0 Å². The highest BCUT2D eigenvalue weighted by atomic mass is 127. The molecule has 0 bridgehead atoms. The second kappa shape index (κ2) is 5.91. The summed E-state index contributed by atoms with van der Waals surface area (Å²) in [6.45, 7) is 2.14. The number of rotatable bonds is 3. The van der Waals surface area contributed by atoms with Crippen molar-refractivity contribution in [3.63, 3.8) is 0 Å². The Bertz CT molecular complexity index is 517. The third kappa shape index (κ3) is 2.79. The summed E-state index contributed by atoms with van der Waals surface area (Å²) >= 11 is 12.9. The van der Waals surface area contributed by atoms with E-state index in [9.17, 15) is 0 Å². The van der Waals surface area contributed by atoms with Crippen molar-refractivity contribution in [2.45, 2.75) is 13.3 Å². The number of halogens is 3. The van der Waals surface area contributed by atoms with Crippen molar-refractivity contribution in [2.24, 2.45) is 0 Å². The zero-order valence-electron chi connectivity index (χ0n) is 8.32. The van der Waals surface area contributed by atoms with Gasteiger partial charge in [0.15, 0.2) is 5.65 Å². The molecule has 2 aromatic rings. The molecule has 0 atom stereocenters. The van der Waals surface area contributed by atoms with Crippen LogP contribution in [0.3, 0.4) is 0 Å². The van der Waals surface area contributed by atoms with Crippen LogP contribution in [0.2, 0.25) is 5.02 Å². The smallest absolute Gasteiger partial charge is 0.151 e. The van der Waals surface area contributed by atoms with Crippen molar-refractivity contribution in [1.82, 2.24) is 8.96 Å². The summed E-state index contributed by atoms with van der Waals surface area (Å²) in [5, 5.41) is 1.90. The van der Waals surface area contributed by atoms with Gasteiger partial charge >= 0.3 is 0 Å². The third-order valence-electron chi connectivity index (χ3n) is 2.21. The van der Waals surface area contributed by atoms with E-state index in [2.05, 4.69) is 66.2 Å². The first kappa shape index (κ1) is 13.6. The number of fused-ring (bicyclic) bond motifs is 1. The maximum absolute atomic E-state index is 6.23. The molecule has 0 fully saturated rings. The maximum atomic E-state index is 6.23. The lowest BCUT2D eigenvalue weighted by atomic mass is 10.2. The first-order valence-corrected chi connectivity index (χ1v) is 13.2. The monoisotopic (exact) mass is 496 g/mol. The highest BCUT2D eigenvalue weighted by Crippen LogP contribution is 2.65. The van der Waals surface area contributed by atoms with Crippen LogP contribution in [0.5, 0.6) is 0 Å². The van der Waals surface area contributed by atoms with Crippen LogP contribution in [0.25, 0.3) is 11.0 Å². The largest absolute Gasteiger partial charge is 0.270 e. The van der Waals surface area contributed by atoms with Crippen molar-refractivity contribution in [2.75, 3.05) is 0 Å². The topological polar surface area (TPSA) is 17.8 Å². The van der Waals surface area contributed by atoms with Crippen LogP contribution in [-0.2, 0) is 6.42 Å². The van der Waals surface area contributed by atoms with Crippen LogP contribution in [0.4, 0.5) is 0 Å². The van der Waals surface area contributed by atoms with Crippen LogP contribution in [0.1, 0.15) is 12.5 Å². The Labute approximate surface area is 131 Å². The molecule has 0 aliphatic rings. The molecule has 0 saturated carbocycles. The highest BCUT2D eigenvalue weighted by molar-refractivity contribution is 14.3. The Morgan fingerprint density at radius 3 is 2.94 bits per heavy atom. The molecule has 0 aromatic carbocycles. The first-order chi connectivity index (χ1) is 7.63. The van der Waals surface area contributed by atoms with Crippen LogP contribution in [0.15, 0.2) is 18.5 Å². The lowest BCUT2D eigenvalue weighted by molar-refractivity contribution is 1.14. The zero-order valence-corrected chi connectivity index (χ0v) is 15.1. The van der Waals surface area contributed by atoms with E-state index in [1.54, 1.807) is 17.8 Å². The molecule has 0 spiro atoms. The van der Waals surface area contributed by atoms with E-state index in [1.807, 2.05) is 6.07 Å². The van der Waals surface area contributed by atoms with Gasteiger partial charge in [-0.3, -0.25) is 3.97 Å². The fourth-order valence-electron chi connectivity index (χ4n) is 1.56. The average molecular weight is 496 g/mol. The van der Waals surface area contributed by atoms with Crippen molar-refractivity contribution in [3.8, 4) is 0 Å². The van der Waals surface area contributed by atoms with Crippen molar-refractivity contribution >= 4 is 80.7 Å². The van der Waals surface area contributed by atoms with Gasteiger partial charge in [0.05, 0.1) is 5.02 Å². The summed E-state index contributed by atoms with van der Waals surface area (Å²) in [5.74, 6) is 0. The van der Waals surface area contributed by atoms with E-state index in [0.717, 1.165) is 22.5 Å². The SMILES string of the molecule is CCc1cn(SP(I)I)c2nccc(Cl)c12. The number of hydrogen-bond acceptors (Lipinski definition) is 2. The molecule has 0 aliphatic carbocycles. The minimum absolute atomic E-state index is 0.115. The van der Waals surface area contributed by atoms with Gasteiger partial charge in [-0.05, 0) is 62.1 Å². The van der Waals surface area contributed by atoms with E-state index in [4.69, 9.17) is 11.6 Å². The fraction of sp³-hybridized carbons (Fsp3) is 0.222. The second-order valence-electron chi connectivity index (χ2n) is 3.11. The summed E-state index contributed by atoms with van der Waals surface area (Å²) in [4.78, 5) is 4.43. The Hall–Kier alpha value is 1.22. The predicted octanol–water partition coefficient (Wildman–Crippen LogP) is 5.85. The molecule has 2 heterocycles. The van der Waals surface area contributed by atoms with Gasteiger partial charge < -0.3 is 0 Å². The van der Waals surface area contributed by atoms with Gasteiger partial charge in [0.25, 0.3) is 0 Å². The Balaban J connectivity index is 2.63. The van der Waals surface area contributed by atoms with E-state index < -0.39 is 0 Å². The molecule has 0 unspecified atom stereocenters. The molecule has 0 N–H and O–H groups in total. The number of aryl methyl sites for hydroxylation is 1. The molecule has 2 rings (SSSR count). The number of hydrogen-bond donors (Lipinski definition) is 0. The molecular formula is C9H8ClI2N2PS. The third-order valence-corrected chi connectivity index (χ3v) is 7.18. The molecule has 2 nitrogen and oxygen atoms in total. The minimum atomic E-state index is -0.115. The molecule has 7 heteroatoms. The molecule has 0 saturated heterocycles. The second-order valence-corrected chi connectivity index (χ2v) is 21.3. The molecule has 0 aliphatic heterocycles. The van der Waals surface area contributed by atoms with Crippen molar-refractivity contribution in [1.29, 1.82) is 0 Å². The number of aromatic nitrogens is 2. The molecule has 2 aromatic heterocycles. The average Bonchev–Trinajstić information content (AvgIpc) is 2.57. The van der Waals surface area contributed by atoms with Crippen molar-refractivity contribution < 1.29 is 0 Å². The van der Waals surface area contributed by atoms with Gasteiger partial charge in [-0.1, -0.05) is 18.5 Å². The maximum Gasteiger partial charge on any atom is 0.151 e. The predicted molar refractivity (Wildman–Crippen MR) is 92.1 cm³/mol. The van der Waals surface area contributed by atoms with Gasteiger partial charge in [0, 0.05) is 29.3 Å². The normalized spacial score (nSPS) is 11.6. The van der Waals surface area contributed by atoms with Gasteiger partial charge in [-0.15, -0.1) is 0 Å². The van der Waals surface area contributed by atoms with E-state index >= 15 is 0 Å². The first-order valence-electron chi connectivity index (χ1n) is 4.58. The van der Waals surface area contributed by atoms with E-state index in [1.165, 1.54) is 5.56 Å². The van der Waals surface area contributed by atoms with Crippen LogP contribution < -0.4 is 0 Å².